The fourth-order valence-electron chi connectivity index (χ4n) is 2.86. The van der Waals surface area contributed by atoms with E-state index in [1.54, 1.807) is 0 Å². The number of benzene rings is 2. The fraction of sp³-hybridized carbons (Fsp3) is 0.400. The van der Waals surface area contributed by atoms with Gasteiger partial charge in [0.25, 0.3) is 0 Å². The van der Waals surface area contributed by atoms with Gasteiger partial charge >= 0.3 is 0 Å². The molecular weight excluding hydrogens is 300 g/mol. The van der Waals surface area contributed by atoms with Gasteiger partial charge in [-0.25, -0.2) is 0 Å². The van der Waals surface area contributed by atoms with Crippen LogP contribution in [0.3, 0.4) is 0 Å². The van der Waals surface area contributed by atoms with Crippen molar-refractivity contribution in [3.8, 4) is 11.1 Å². The Morgan fingerprint density at radius 1 is 0.917 bits per heavy atom. The summed E-state index contributed by atoms with van der Waals surface area (Å²) in [5.41, 5.74) is 3.57. The minimum atomic E-state index is -0.161. The van der Waals surface area contributed by atoms with Crippen LogP contribution in [0.5, 0.6) is 0 Å². The van der Waals surface area contributed by atoms with E-state index in [9.17, 15) is 10.2 Å². The molecule has 0 bridgehead atoms. The second-order valence-electron chi connectivity index (χ2n) is 6.20. The molecule has 130 valence electrons. The quantitative estimate of drug-likeness (QED) is 0.619. The van der Waals surface area contributed by atoms with Crippen molar-refractivity contribution in [1.29, 1.82) is 0 Å². The van der Waals surface area contributed by atoms with Gasteiger partial charge in [-0.2, -0.15) is 0 Å². The first kappa shape index (κ1) is 18.6. The first-order valence-corrected chi connectivity index (χ1v) is 8.51. The van der Waals surface area contributed by atoms with Crippen molar-refractivity contribution in [1.82, 2.24) is 10.2 Å². The van der Waals surface area contributed by atoms with Gasteiger partial charge in [-0.15, -0.1) is 0 Å². The van der Waals surface area contributed by atoms with Crippen molar-refractivity contribution < 1.29 is 10.2 Å². The van der Waals surface area contributed by atoms with Crippen LogP contribution >= 0.6 is 0 Å². The molecule has 0 radical (unpaired) electrons. The Hall–Kier alpha value is -1.72. The fourth-order valence-corrected chi connectivity index (χ4v) is 2.86. The Morgan fingerprint density at radius 3 is 2.08 bits per heavy atom. The molecule has 0 aromatic heterocycles. The number of hydrogen-bond donors (Lipinski definition) is 3. The lowest BCUT2D eigenvalue weighted by Gasteiger charge is -2.34. The number of hydrogen-bond acceptors (Lipinski definition) is 4. The van der Waals surface area contributed by atoms with Crippen molar-refractivity contribution in [2.75, 3.05) is 19.8 Å². The predicted molar refractivity (Wildman–Crippen MR) is 98.5 cm³/mol. The summed E-state index contributed by atoms with van der Waals surface area (Å²) in [5.74, 6) is 0. The summed E-state index contributed by atoms with van der Waals surface area (Å²) in [5, 5.41) is 22.2. The van der Waals surface area contributed by atoms with Crippen LogP contribution < -0.4 is 5.32 Å². The molecular formula is C20H28N2O2. The monoisotopic (exact) mass is 328 g/mol. The maximum Gasteiger partial charge on any atom is 0.0841 e. The topological polar surface area (TPSA) is 55.7 Å². The molecule has 0 aliphatic carbocycles. The Bertz CT molecular complexity index is 584. The molecule has 0 amide bonds. The first-order valence-electron chi connectivity index (χ1n) is 8.51. The first-order chi connectivity index (χ1) is 11.7. The zero-order valence-corrected chi connectivity index (χ0v) is 14.5. The lowest BCUT2D eigenvalue weighted by molar-refractivity contribution is 0.0565. The van der Waals surface area contributed by atoms with Gasteiger partial charge in [0.15, 0.2) is 0 Å². The molecule has 0 heterocycles. The van der Waals surface area contributed by atoms with Gasteiger partial charge in [0.05, 0.1) is 19.4 Å². The Balaban J connectivity index is 1.98. The lowest BCUT2D eigenvalue weighted by atomic mass is 10.0. The molecule has 4 heteroatoms. The number of aliphatic hydroxyl groups is 2. The number of rotatable bonds is 9. The van der Waals surface area contributed by atoms with Crippen LogP contribution in [-0.4, -0.2) is 47.1 Å². The molecule has 3 N–H and O–H groups in total. The summed E-state index contributed by atoms with van der Waals surface area (Å²) in [7, 11) is 0. The SMILES string of the molecule is CC(C)N(CCO)C(CO)NCc1ccc(-c2ccccc2)cc1. The van der Waals surface area contributed by atoms with Crippen LogP contribution in [0.15, 0.2) is 54.6 Å². The molecule has 0 aliphatic heterocycles. The van der Waals surface area contributed by atoms with Gasteiger partial charge < -0.3 is 10.2 Å². The smallest absolute Gasteiger partial charge is 0.0841 e. The summed E-state index contributed by atoms with van der Waals surface area (Å²) in [4.78, 5) is 2.07. The van der Waals surface area contributed by atoms with E-state index in [4.69, 9.17) is 0 Å². The summed E-state index contributed by atoms with van der Waals surface area (Å²) < 4.78 is 0. The molecule has 2 rings (SSSR count). The summed E-state index contributed by atoms with van der Waals surface area (Å²) in [6, 6.07) is 19.0. The van der Waals surface area contributed by atoms with Gasteiger partial charge in [0, 0.05) is 19.1 Å². The minimum Gasteiger partial charge on any atom is -0.395 e. The third-order valence-electron chi connectivity index (χ3n) is 4.20. The Kier molecular flexibility index (Phi) is 7.40. The van der Waals surface area contributed by atoms with Gasteiger partial charge in [-0.05, 0) is 30.5 Å². The highest BCUT2D eigenvalue weighted by atomic mass is 16.3. The standard InChI is InChI=1S/C20H28N2O2/c1-16(2)22(12-13-23)20(15-24)21-14-17-8-10-19(11-9-17)18-6-4-3-5-7-18/h3-11,16,20-21,23-24H,12-15H2,1-2H3. The highest BCUT2D eigenvalue weighted by molar-refractivity contribution is 5.63. The van der Waals surface area contributed by atoms with E-state index in [0.717, 1.165) is 0 Å². The van der Waals surface area contributed by atoms with Crippen LogP contribution in [0.2, 0.25) is 0 Å². The predicted octanol–water partition coefficient (Wildman–Crippen LogP) is 2.46. The average Bonchev–Trinajstić information content (AvgIpc) is 2.62. The molecule has 2 aromatic rings. The average molecular weight is 328 g/mol. The number of aliphatic hydroxyl groups excluding tert-OH is 2. The zero-order chi connectivity index (χ0) is 17.4. The molecule has 24 heavy (non-hydrogen) atoms. The lowest BCUT2D eigenvalue weighted by Crippen LogP contribution is -2.51. The van der Waals surface area contributed by atoms with Crippen molar-refractivity contribution in [2.45, 2.75) is 32.6 Å². The van der Waals surface area contributed by atoms with Gasteiger partial charge in [0.2, 0.25) is 0 Å². The normalized spacial score (nSPS) is 12.8. The molecule has 4 nitrogen and oxygen atoms in total. The number of nitrogens with one attached hydrogen (secondary N) is 1. The third-order valence-corrected chi connectivity index (χ3v) is 4.20. The number of nitrogens with zero attached hydrogens (tertiary/aromatic N) is 1. The van der Waals surface area contributed by atoms with E-state index in [1.807, 2.05) is 18.2 Å². The molecule has 0 saturated carbocycles. The summed E-state index contributed by atoms with van der Waals surface area (Å²) in [6.07, 6.45) is -0.161. The minimum absolute atomic E-state index is 0.0142. The second kappa shape index (κ2) is 9.55. The maximum atomic E-state index is 9.66. The molecule has 1 unspecified atom stereocenters. The summed E-state index contributed by atoms with van der Waals surface area (Å²) >= 11 is 0. The van der Waals surface area contributed by atoms with E-state index in [-0.39, 0.29) is 25.4 Å². The van der Waals surface area contributed by atoms with E-state index in [1.165, 1.54) is 16.7 Å². The Morgan fingerprint density at radius 2 is 1.54 bits per heavy atom. The highest BCUT2D eigenvalue weighted by Crippen LogP contribution is 2.19. The van der Waals surface area contributed by atoms with Crippen LogP contribution in [0, 0.1) is 0 Å². The molecule has 0 spiro atoms. The molecule has 0 fully saturated rings. The van der Waals surface area contributed by atoms with E-state index >= 15 is 0 Å². The van der Waals surface area contributed by atoms with Crippen LogP contribution in [0.4, 0.5) is 0 Å². The van der Waals surface area contributed by atoms with Gasteiger partial charge in [-0.1, -0.05) is 54.6 Å². The van der Waals surface area contributed by atoms with E-state index in [2.05, 4.69) is 60.5 Å². The van der Waals surface area contributed by atoms with Crippen LogP contribution in [0.25, 0.3) is 11.1 Å². The van der Waals surface area contributed by atoms with Crippen LogP contribution in [0.1, 0.15) is 19.4 Å². The van der Waals surface area contributed by atoms with E-state index < -0.39 is 0 Å². The highest BCUT2D eigenvalue weighted by Gasteiger charge is 2.19. The largest absolute Gasteiger partial charge is 0.395 e. The van der Waals surface area contributed by atoms with Crippen molar-refractivity contribution in [2.24, 2.45) is 0 Å². The molecule has 1 atom stereocenters. The maximum absolute atomic E-state index is 9.66. The Labute approximate surface area is 144 Å². The summed E-state index contributed by atoms with van der Waals surface area (Å²) in [6.45, 7) is 5.45. The van der Waals surface area contributed by atoms with Gasteiger partial charge in [-0.3, -0.25) is 10.2 Å². The van der Waals surface area contributed by atoms with Crippen molar-refractivity contribution >= 4 is 0 Å². The van der Waals surface area contributed by atoms with Gasteiger partial charge in [0.1, 0.15) is 0 Å². The third kappa shape index (κ3) is 5.14. The zero-order valence-electron chi connectivity index (χ0n) is 14.5. The van der Waals surface area contributed by atoms with E-state index in [0.29, 0.717) is 13.1 Å². The molecule has 0 aliphatic rings. The van der Waals surface area contributed by atoms with Crippen LogP contribution in [-0.2, 0) is 6.54 Å². The molecule has 2 aromatic carbocycles. The van der Waals surface area contributed by atoms with Crippen molar-refractivity contribution in [3.05, 3.63) is 60.2 Å². The molecule has 0 saturated heterocycles. The van der Waals surface area contributed by atoms with Crippen molar-refractivity contribution in [3.63, 3.8) is 0 Å². The second-order valence-corrected chi connectivity index (χ2v) is 6.20.